The van der Waals surface area contributed by atoms with Crippen LogP contribution in [0.5, 0.6) is 5.75 Å². The molecule has 0 radical (unpaired) electrons. The van der Waals surface area contributed by atoms with Crippen LogP contribution in [-0.4, -0.2) is 34.6 Å². The van der Waals surface area contributed by atoms with Crippen LogP contribution in [-0.2, 0) is 11.3 Å². The van der Waals surface area contributed by atoms with Crippen LogP contribution < -0.4 is 4.74 Å². The number of carbonyl (C=O) groups is 1. The lowest BCUT2D eigenvalue weighted by atomic mass is 10.2. The van der Waals surface area contributed by atoms with Crippen molar-refractivity contribution in [3.8, 4) is 16.5 Å². The summed E-state index contributed by atoms with van der Waals surface area (Å²) in [5, 5.41) is 6.53. The normalized spacial score (nSPS) is 10.7. The Morgan fingerprint density at radius 1 is 1.40 bits per heavy atom. The predicted molar refractivity (Wildman–Crippen MR) is 95.8 cm³/mol. The number of thiophene rings is 1. The summed E-state index contributed by atoms with van der Waals surface area (Å²) in [6.45, 7) is 2.02. The highest BCUT2D eigenvalue weighted by atomic mass is 35.5. The molecule has 2 aromatic heterocycles. The topological polar surface area (TPSA) is 68.5 Å². The van der Waals surface area contributed by atoms with E-state index in [0.717, 1.165) is 10.4 Å². The van der Waals surface area contributed by atoms with E-state index in [0.29, 0.717) is 22.5 Å². The number of halogens is 1. The Labute approximate surface area is 154 Å². The minimum Gasteiger partial charge on any atom is -0.484 e. The Morgan fingerprint density at radius 2 is 2.24 bits per heavy atom. The molecule has 25 heavy (non-hydrogen) atoms. The molecule has 0 spiro atoms. The molecule has 0 unspecified atom stereocenters. The third-order valence-electron chi connectivity index (χ3n) is 3.50. The van der Waals surface area contributed by atoms with Gasteiger partial charge in [0, 0.05) is 12.1 Å². The van der Waals surface area contributed by atoms with Crippen molar-refractivity contribution in [3.05, 3.63) is 52.2 Å². The smallest absolute Gasteiger partial charge is 0.260 e. The van der Waals surface area contributed by atoms with Crippen molar-refractivity contribution in [3.63, 3.8) is 0 Å². The Morgan fingerprint density at radius 3 is 2.96 bits per heavy atom. The van der Waals surface area contributed by atoms with Crippen LogP contribution in [0, 0.1) is 6.92 Å². The van der Waals surface area contributed by atoms with E-state index in [9.17, 15) is 4.79 Å². The maximum atomic E-state index is 12.2. The van der Waals surface area contributed by atoms with Gasteiger partial charge in [0.05, 0.1) is 11.4 Å². The molecule has 0 aliphatic rings. The quantitative estimate of drug-likeness (QED) is 0.653. The summed E-state index contributed by atoms with van der Waals surface area (Å²) in [5.74, 6) is 1.31. The highest BCUT2D eigenvalue weighted by Crippen LogP contribution is 2.22. The van der Waals surface area contributed by atoms with E-state index in [4.69, 9.17) is 20.9 Å². The third-order valence-corrected chi connectivity index (χ3v) is 4.79. The minimum atomic E-state index is -0.191. The van der Waals surface area contributed by atoms with Gasteiger partial charge in [0.15, 0.2) is 6.61 Å². The summed E-state index contributed by atoms with van der Waals surface area (Å²) in [5.41, 5.74) is 0.895. The van der Waals surface area contributed by atoms with Gasteiger partial charge >= 0.3 is 0 Å². The zero-order valence-electron chi connectivity index (χ0n) is 13.7. The monoisotopic (exact) mass is 377 g/mol. The van der Waals surface area contributed by atoms with Crippen molar-refractivity contribution >= 4 is 28.8 Å². The van der Waals surface area contributed by atoms with Gasteiger partial charge in [-0.1, -0.05) is 22.8 Å². The molecule has 2 heterocycles. The lowest BCUT2D eigenvalue weighted by Gasteiger charge is -2.15. The number of likely N-dealkylation sites (N-methyl/N-ethyl adjacent to an activating group) is 1. The Hall–Kier alpha value is -2.38. The minimum absolute atomic E-state index is 0.0799. The number of ether oxygens (including phenoxy) is 1. The molecule has 130 valence electrons. The summed E-state index contributed by atoms with van der Waals surface area (Å²) in [7, 11) is 1.66. The van der Waals surface area contributed by atoms with Gasteiger partial charge in [0.1, 0.15) is 5.75 Å². The fourth-order valence-corrected chi connectivity index (χ4v) is 2.85. The van der Waals surface area contributed by atoms with E-state index < -0.39 is 0 Å². The van der Waals surface area contributed by atoms with E-state index in [1.165, 1.54) is 16.2 Å². The molecule has 8 heteroatoms. The molecular weight excluding hydrogens is 362 g/mol. The molecule has 0 bridgehead atoms. The van der Waals surface area contributed by atoms with Crippen LogP contribution in [0.15, 0.2) is 40.2 Å². The largest absolute Gasteiger partial charge is 0.484 e. The molecule has 3 aromatic rings. The van der Waals surface area contributed by atoms with Gasteiger partial charge in [-0.25, -0.2) is 0 Å². The highest BCUT2D eigenvalue weighted by molar-refractivity contribution is 7.13. The Kier molecular flexibility index (Phi) is 5.35. The standard InChI is InChI=1S/C17H16ClN3O3S/c1-11-8-12(5-6-13(11)18)23-10-16(22)21(2)9-15-19-17(20-24-15)14-4-3-7-25-14/h3-8H,9-10H2,1-2H3. The van der Waals surface area contributed by atoms with E-state index >= 15 is 0 Å². The number of hydrogen-bond donors (Lipinski definition) is 0. The zero-order valence-corrected chi connectivity index (χ0v) is 15.3. The van der Waals surface area contributed by atoms with Crippen molar-refractivity contribution in [2.75, 3.05) is 13.7 Å². The molecule has 1 aromatic carbocycles. The number of nitrogens with zero attached hydrogens (tertiary/aromatic N) is 3. The van der Waals surface area contributed by atoms with Crippen LogP contribution in [0.4, 0.5) is 0 Å². The SMILES string of the molecule is Cc1cc(OCC(=O)N(C)Cc2nc(-c3cccs3)no2)ccc1Cl. The first-order chi connectivity index (χ1) is 12.0. The number of carbonyl (C=O) groups excluding carboxylic acids is 1. The molecule has 0 aliphatic carbocycles. The van der Waals surface area contributed by atoms with Gasteiger partial charge in [0.2, 0.25) is 11.7 Å². The van der Waals surface area contributed by atoms with E-state index in [1.54, 1.807) is 25.2 Å². The van der Waals surface area contributed by atoms with Crippen molar-refractivity contribution < 1.29 is 14.1 Å². The Bertz CT molecular complexity index is 864. The number of rotatable bonds is 6. The second kappa shape index (κ2) is 7.67. The van der Waals surface area contributed by atoms with Gasteiger partial charge in [-0.2, -0.15) is 4.98 Å². The molecule has 0 atom stereocenters. The van der Waals surface area contributed by atoms with Crippen molar-refractivity contribution in [1.29, 1.82) is 0 Å². The number of aromatic nitrogens is 2. The molecule has 0 saturated heterocycles. The van der Waals surface area contributed by atoms with Crippen molar-refractivity contribution in [2.45, 2.75) is 13.5 Å². The van der Waals surface area contributed by atoms with E-state index in [-0.39, 0.29) is 19.1 Å². The average molecular weight is 378 g/mol. The van der Waals surface area contributed by atoms with Gasteiger partial charge in [-0.3, -0.25) is 4.79 Å². The highest BCUT2D eigenvalue weighted by Gasteiger charge is 2.15. The van der Waals surface area contributed by atoms with Crippen molar-refractivity contribution in [1.82, 2.24) is 15.0 Å². The number of hydrogen-bond acceptors (Lipinski definition) is 6. The summed E-state index contributed by atoms with van der Waals surface area (Å²) in [6, 6.07) is 9.09. The van der Waals surface area contributed by atoms with Crippen molar-refractivity contribution in [2.24, 2.45) is 0 Å². The fraction of sp³-hybridized carbons (Fsp3) is 0.235. The molecule has 0 fully saturated rings. The first kappa shape index (κ1) is 17.4. The average Bonchev–Trinajstić information content (AvgIpc) is 3.26. The maximum absolute atomic E-state index is 12.2. The molecule has 6 nitrogen and oxygen atoms in total. The lowest BCUT2D eigenvalue weighted by molar-refractivity contribution is -0.132. The molecule has 0 N–H and O–H groups in total. The van der Waals surface area contributed by atoms with Gasteiger partial charge < -0.3 is 14.2 Å². The van der Waals surface area contributed by atoms with E-state index in [1.807, 2.05) is 24.4 Å². The first-order valence-corrected chi connectivity index (χ1v) is 8.78. The molecule has 0 saturated carbocycles. The van der Waals surface area contributed by atoms with Gasteiger partial charge in [-0.15, -0.1) is 11.3 Å². The fourth-order valence-electron chi connectivity index (χ4n) is 2.08. The van der Waals surface area contributed by atoms with Gasteiger partial charge in [0.25, 0.3) is 5.91 Å². The molecule has 1 amide bonds. The first-order valence-electron chi connectivity index (χ1n) is 7.52. The van der Waals surface area contributed by atoms with Crippen LogP contribution in [0.25, 0.3) is 10.7 Å². The molecular formula is C17H16ClN3O3S. The zero-order chi connectivity index (χ0) is 17.8. The summed E-state index contributed by atoms with van der Waals surface area (Å²) < 4.78 is 10.7. The van der Waals surface area contributed by atoms with Crippen LogP contribution in [0.3, 0.4) is 0 Å². The van der Waals surface area contributed by atoms with Gasteiger partial charge in [-0.05, 0) is 42.1 Å². The van der Waals surface area contributed by atoms with Crippen LogP contribution >= 0.6 is 22.9 Å². The number of aryl methyl sites for hydroxylation is 1. The summed E-state index contributed by atoms with van der Waals surface area (Å²) in [4.78, 5) is 18.9. The summed E-state index contributed by atoms with van der Waals surface area (Å²) >= 11 is 7.50. The maximum Gasteiger partial charge on any atom is 0.260 e. The summed E-state index contributed by atoms with van der Waals surface area (Å²) in [6.07, 6.45) is 0. The van der Waals surface area contributed by atoms with Crippen LogP contribution in [0.1, 0.15) is 11.5 Å². The second-order valence-electron chi connectivity index (χ2n) is 5.44. The predicted octanol–water partition coefficient (Wildman–Crippen LogP) is 3.80. The Balaban J connectivity index is 1.54. The molecule has 0 aliphatic heterocycles. The second-order valence-corrected chi connectivity index (χ2v) is 6.79. The number of benzene rings is 1. The number of amides is 1. The van der Waals surface area contributed by atoms with Crippen LogP contribution in [0.2, 0.25) is 5.02 Å². The van der Waals surface area contributed by atoms with E-state index in [2.05, 4.69) is 10.1 Å². The molecule has 3 rings (SSSR count). The lowest BCUT2D eigenvalue weighted by Crippen LogP contribution is -2.31. The third kappa shape index (κ3) is 4.37.